The SMILES string of the molecule is c1ccc(-c2ccc(N(c3ccccc3)c3ccc(N(c4ccccc4)c4ccccc4-c4ccccc4)c4sc5cc6ccccc6cc5c34)cc2)cc1. The van der Waals surface area contributed by atoms with Crippen molar-refractivity contribution in [3.63, 3.8) is 0 Å². The van der Waals surface area contributed by atoms with Gasteiger partial charge in [0.25, 0.3) is 0 Å². The molecule has 0 spiro atoms. The Bertz CT molecular complexity index is 2900. The maximum absolute atomic E-state index is 2.45. The lowest BCUT2D eigenvalue weighted by Gasteiger charge is -2.31. The number of thiophene rings is 1. The van der Waals surface area contributed by atoms with Crippen LogP contribution in [0.3, 0.4) is 0 Å². The molecule has 1 aromatic heterocycles. The van der Waals surface area contributed by atoms with E-state index in [0.29, 0.717) is 0 Å². The average molecular weight is 721 g/mol. The van der Waals surface area contributed by atoms with Crippen molar-refractivity contribution in [3.05, 3.63) is 218 Å². The van der Waals surface area contributed by atoms with E-state index in [2.05, 4.69) is 228 Å². The van der Waals surface area contributed by atoms with E-state index < -0.39 is 0 Å². The van der Waals surface area contributed by atoms with Crippen molar-refractivity contribution in [1.29, 1.82) is 0 Å². The van der Waals surface area contributed by atoms with E-state index >= 15 is 0 Å². The second-order valence-electron chi connectivity index (χ2n) is 13.7. The first-order chi connectivity index (χ1) is 27.3. The van der Waals surface area contributed by atoms with Crippen LogP contribution in [-0.4, -0.2) is 0 Å². The lowest BCUT2D eigenvalue weighted by Crippen LogP contribution is -2.13. The number of rotatable bonds is 8. The predicted octanol–water partition coefficient (Wildman–Crippen LogP) is 15.5. The summed E-state index contributed by atoms with van der Waals surface area (Å²) in [5.74, 6) is 0. The number of fused-ring (bicyclic) bond motifs is 4. The van der Waals surface area contributed by atoms with Crippen molar-refractivity contribution in [2.45, 2.75) is 0 Å². The highest BCUT2D eigenvalue weighted by molar-refractivity contribution is 7.26. The lowest BCUT2D eigenvalue weighted by molar-refractivity contribution is 1.28. The Balaban J connectivity index is 1.26. The molecule has 0 bridgehead atoms. The normalized spacial score (nSPS) is 11.3. The zero-order valence-electron chi connectivity index (χ0n) is 30.1. The van der Waals surface area contributed by atoms with Gasteiger partial charge in [0.2, 0.25) is 0 Å². The first kappa shape index (κ1) is 32.7. The maximum atomic E-state index is 2.45. The van der Waals surface area contributed by atoms with Crippen molar-refractivity contribution < 1.29 is 0 Å². The van der Waals surface area contributed by atoms with Gasteiger partial charge in [-0.05, 0) is 94.2 Å². The molecule has 0 N–H and O–H groups in total. The number of para-hydroxylation sites is 3. The van der Waals surface area contributed by atoms with Gasteiger partial charge in [0.15, 0.2) is 0 Å². The first-order valence-corrected chi connectivity index (χ1v) is 19.5. The minimum atomic E-state index is 1.11. The van der Waals surface area contributed by atoms with Crippen molar-refractivity contribution in [2.24, 2.45) is 0 Å². The molecule has 0 radical (unpaired) electrons. The number of hydrogen-bond acceptors (Lipinski definition) is 3. The van der Waals surface area contributed by atoms with Gasteiger partial charge in [-0.15, -0.1) is 11.3 Å². The zero-order chi connectivity index (χ0) is 36.6. The smallest absolute Gasteiger partial charge is 0.0642 e. The minimum Gasteiger partial charge on any atom is -0.310 e. The summed E-state index contributed by atoms with van der Waals surface area (Å²) in [4.78, 5) is 4.87. The molecule has 10 rings (SSSR count). The Hall–Kier alpha value is -6.94. The summed E-state index contributed by atoms with van der Waals surface area (Å²) in [5.41, 5.74) is 11.5. The molecule has 0 saturated heterocycles. The third kappa shape index (κ3) is 6.01. The molecule has 0 amide bonds. The lowest BCUT2D eigenvalue weighted by atomic mass is 10.0. The fourth-order valence-corrected chi connectivity index (χ4v) is 9.11. The molecule has 2 nitrogen and oxygen atoms in total. The highest BCUT2D eigenvalue weighted by Crippen LogP contribution is 2.52. The number of anilines is 6. The van der Waals surface area contributed by atoms with Crippen LogP contribution in [0.2, 0.25) is 0 Å². The van der Waals surface area contributed by atoms with Gasteiger partial charge in [-0.1, -0.05) is 152 Å². The summed E-state index contributed by atoms with van der Waals surface area (Å²) in [6, 6.07) is 78.8. The van der Waals surface area contributed by atoms with Crippen molar-refractivity contribution >= 4 is 76.4 Å². The predicted molar refractivity (Wildman–Crippen MR) is 237 cm³/mol. The van der Waals surface area contributed by atoms with Gasteiger partial charge in [0.05, 0.1) is 21.8 Å². The Morgan fingerprint density at radius 1 is 0.327 bits per heavy atom. The molecule has 1 heterocycles. The second kappa shape index (κ2) is 14.1. The average Bonchev–Trinajstić information content (AvgIpc) is 3.64. The van der Waals surface area contributed by atoms with Gasteiger partial charge in [0.1, 0.15) is 0 Å². The highest BCUT2D eigenvalue weighted by atomic mass is 32.1. The van der Waals surface area contributed by atoms with Crippen LogP contribution in [0.25, 0.3) is 53.2 Å². The molecule has 0 aliphatic rings. The molecule has 0 unspecified atom stereocenters. The largest absolute Gasteiger partial charge is 0.310 e. The maximum Gasteiger partial charge on any atom is 0.0642 e. The van der Waals surface area contributed by atoms with E-state index in [1.54, 1.807) is 0 Å². The van der Waals surface area contributed by atoms with Crippen LogP contribution in [0.1, 0.15) is 0 Å². The van der Waals surface area contributed by atoms with Crippen LogP contribution in [0.4, 0.5) is 34.1 Å². The van der Waals surface area contributed by atoms with E-state index in [9.17, 15) is 0 Å². The van der Waals surface area contributed by atoms with Gasteiger partial charge in [-0.25, -0.2) is 0 Å². The van der Waals surface area contributed by atoms with Crippen LogP contribution in [-0.2, 0) is 0 Å². The zero-order valence-corrected chi connectivity index (χ0v) is 30.9. The first-order valence-electron chi connectivity index (χ1n) is 18.7. The highest BCUT2D eigenvalue weighted by Gasteiger charge is 2.25. The Morgan fingerprint density at radius 2 is 0.818 bits per heavy atom. The van der Waals surface area contributed by atoms with Gasteiger partial charge in [0, 0.05) is 38.1 Å². The third-order valence-electron chi connectivity index (χ3n) is 10.4. The fraction of sp³-hybridized carbons (Fsp3) is 0. The van der Waals surface area contributed by atoms with Gasteiger partial charge in [-0.3, -0.25) is 0 Å². The molecule has 10 aromatic rings. The number of nitrogens with zero attached hydrogens (tertiary/aromatic N) is 2. The summed E-state index contributed by atoms with van der Waals surface area (Å²) in [5, 5.41) is 4.97. The molecule has 3 heteroatoms. The van der Waals surface area contributed by atoms with Crippen molar-refractivity contribution in [1.82, 2.24) is 0 Å². The fourth-order valence-electron chi connectivity index (χ4n) is 7.85. The summed E-state index contributed by atoms with van der Waals surface area (Å²) >= 11 is 1.88. The van der Waals surface area contributed by atoms with E-state index in [0.717, 1.165) is 34.1 Å². The molecule has 0 aliphatic carbocycles. The Morgan fingerprint density at radius 3 is 1.49 bits per heavy atom. The summed E-state index contributed by atoms with van der Waals surface area (Å²) in [7, 11) is 0. The van der Waals surface area contributed by atoms with E-state index in [4.69, 9.17) is 0 Å². The van der Waals surface area contributed by atoms with E-state index in [1.165, 1.54) is 53.2 Å². The third-order valence-corrected chi connectivity index (χ3v) is 11.6. The van der Waals surface area contributed by atoms with Crippen LogP contribution in [0.15, 0.2) is 218 Å². The second-order valence-corrected chi connectivity index (χ2v) is 14.8. The van der Waals surface area contributed by atoms with Crippen LogP contribution < -0.4 is 9.80 Å². The molecule has 55 heavy (non-hydrogen) atoms. The molecule has 9 aromatic carbocycles. The summed E-state index contributed by atoms with van der Waals surface area (Å²) < 4.78 is 2.50. The Kier molecular flexibility index (Phi) is 8.40. The Labute approximate surface area is 325 Å². The summed E-state index contributed by atoms with van der Waals surface area (Å²) in [6.07, 6.45) is 0. The standard InChI is InChI=1S/C52H36N2S/c1-5-17-37(18-6-1)38-29-31-44(32-30-38)53(42-23-9-3-10-24-42)48-33-34-49(52-51(48)46-35-40-21-13-14-22-41(40)36-50(46)55-52)54(43-25-11-4-12-26-43)47-28-16-15-27-45(47)39-19-7-2-8-20-39/h1-36H. The molecule has 0 saturated carbocycles. The van der Waals surface area contributed by atoms with Crippen LogP contribution >= 0.6 is 11.3 Å². The molecular formula is C52H36N2S. The topological polar surface area (TPSA) is 6.48 Å². The molecule has 0 fully saturated rings. The molecule has 0 aliphatic heterocycles. The molecular weight excluding hydrogens is 685 g/mol. The summed E-state index contributed by atoms with van der Waals surface area (Å²) in [6.45, 7) is 0. The quantitative estimate of drug-likeness (QED) is 0.154. The van der Waals surface area contributed by atoms with Gasteiger partial charge >= 0.3 is 0 Å². The minimum absolute atomic E-state index is 1.11. The molecule has 260 valence electrons. The van der Waals surface area contributed by atoms with Gasteiger partial charge < -0.3 is 9.80 Å². The number of benzene rings is 9. The van der Waals surface area contributed by atoms with Crippen LogP contribution in [0.5, 0.6) is 0 Å². The van der Waals surface area contributed by atoms with Crippen molar-refractivity contribution in [3.8, 4) is 22.3 Å². The monoisotopic (exact) mass is 720 g/mol. The van der Waals surface area contributed by atoms with Gasteiger partial charge in [-0.2, -0.15) is 0 Å². The van der Waals surface area contributed by atoms with Crippen molar-refractivity contribution in [2.75, 3.05) is 9.80 Å². The van der Waals surface area contributed by atoms with E-state index in [-0.39, 0.29) is 0 Å². The molecule has 0 atom stereocenters. The number of hydrogen-bond donors (Lipinski definition) is 0. The van der Waals surface area contributed by atoms with E-state index in [1.807, 2.05) is 11.3 Å². The van der Waals surface area contributed by atoms with Crippen LogP contribution in [0, 0.1) is 0 Å².